The number of nitriles is 1. The van der Waals surface area contributed by atoms with Crippen molar-refractivity contribution in [2.45, 2.75) is 50.3 Å². The van der Waals surface area contributed by atoms with Gasteiger partial charge in [0.15, 0.2) is 21.5 Å². The molecule has 3 aliphatic rings. The minimum Gasteiger partial charge on any atom is -0.392 e. The van der Waals surface area contributed by atoms with E-state index in [4.69, 9.17) is 9.47 Å². The van der Waals surface area contributed by atoms with Gasteiger partial charge < -0.3 is 39.9 Å². The van der Waals surface area contributed by atoms with Gasteiger partial charge in [-0.05, 0) is 72.5 Å². The number of sulfone groups is 1. The number of nitrogens with one attached hydrogen (secondary N) is 3. The molecule has 5 amide bonds. The standard InChI is InChI=1S/C51H53FN10O10S/c1-32-10-11-33(31-63)26-42(32)61(30-35-7-4-3-6-34(35)28-53)47-38(52)29-55-51(58-47)56-36-12-13-40(43(27-36)73(2,69)70)59-18-20-60(21-19-59)45(65)16-22-71-24-25-72-23-17-54-39-9-5-8-37-46(39)50(68)62(49(37)67)41-14-15-44(64)57-48(41)66/h3-13,26-27,29,41,54,63H,14-25,30-31H2,1-2H3,(H,55,56,58)(H,57,64,66). The van der Waals surface area contributed by atoms with E-state index in [2.05, 4.69) is 32.0 Å². The summed E-state index contributed by atoms with van der Waals surface area (Å²) in [4.78, 5) is 78.4. The number of anilines is 6. The summed E-state index contributed by atoms with van der Waals surface area (Å²) < 4.78 is 53.6. The van der Waals surface area contributed by atoms with E-state index < -0.39 is 45.3 Å². The van der Waals surface area contributed by atoms with Crippen LogP contribution in [0, 0.1) is 24.1 Å². The van der Waals surface area contributed by atoms with Crippen LogP contribution in [0.15, 0.2) is 90.0 Å². The zero-order chi connectivity index (χ0) is 51.8. The normalized spacial score (nSPS) is 15.8. The van der Waals surface area contributed by atoms with Gasteiger partial charge in [-0.2, -0.15) is 10.2 Å². The first-order valence-corrected chi connectivity index (χ1v) is 25.4. The Morgan fingerprint density at radius 2 is 1.73 bits per heavy atom. The Labute approximate surface area is 420 Å². The van der Waals surface area contributed by atoms with E-state index in [1.165, 1.54) is 12.1 Å². The Balaban J connectivity index is 0.809. The van der Waals surface area contributed by atoms with Crippen LogP contribution in [0.2, 0.25) is 0 Å². The van der Waals surface area contributed by atoms with Crippen molar-refractivity contribution in [3.8, 4) is 6.07 Å². The minimum atomic E-state index is -3.79. The van der Waals surface area contributed by atoms with Crippen LogP contribution < -0.4 is 25.8 Å². The van der Waals surface area contributed by atoms with Crippen molar-refractivity contribution in [2.24, 2.45) is 0 Å². The van der Waals surface area contributed by atoms with Gasteiger partial charge in [0.2, 0.25) is 23.7 Å². The van der Waals surface area contributed by atoms with Gasteiger partial charge in [0.25, 0.3) is 11.8 Å². The zero-order valence-electron chi connectivity index (χ0n) is 40.1. The number of piperidine rings is 1. The molecule has 0 bridgehead atoms. The van der Waals surface area contributed by atoms with Gasteiger partial charge in [0, 0.05) is 62.5 Å². The number of fused-ring (bicyclic) bond motifs is 1. The molecule has 1 atom stereocenters. The number of imide groups is 2. The Bertz CT molecular complexity index is 3110. The molecule has 0 saturated carbocycles. The number of benzene rings is 4. The number of amides is 5. The van der Waals surface area contributed by atoms with E-state index in [0.29, 0.717) is 72.2 Å². The molecule has 4 heterocycles. The summed E-state index contributed by atoms with van der Waals surface area (Å²) in [6.07, 6.45) is 2.33. The molecule has 0 radical (unpaired) electrons. The number of ether oxygens (including phenoxy) is 2. The van der Waals surface area contributed by atoms with Gasteiger partial charge in [-0.3, -0.25) is 34.2 Å². The Morgan fingerprint density at radius 1 is 0.959 bits per heavy atom. The van der Waals surface area contributed by atoms with Crippen LogP contribution in [0.4, 0.5) is 38.9 Å². The topological polar surface area (TPSA) is 257 Å². The average molecular weight is 1020 g/mol. The third-order valence-corrected chi connectivity index (χ3v) is 13.8. The van der Waals surface area contributed by atoms with E-state index in [9.17, 15) is 42.8 Å². The van der Waals surface area contributed by atoms with Gasteiger partial charge in [-0.15, -0.1) is 0 Å². The first kappa shape index (κ1) is 51.5. The summed E-state index contributed by atoms with van der Waals surface area (Å²) in [5.41, 5.74) is 4.42. The van der Waals surface area contributed by atoms with Crippen molar-refractivity contribution in [1.29, 1.82) is 5.26 Å². The number of piperazine rings is 1. The summed E-state index contributed by atoms with van der Waals surface area (Å²) >= 11 is 0. The van der Waals surface area contributed by atoms with Gasteiger partial charge in [0.05, 0.1) is 85.5 Å². The molecule has 8 rings (SSSR count). The van der Waals surface area contributed by atoms with Crippen molar-refractivity contribution < 1.29 is 51.4 Å². The number of hydrogen-bond donors (Lipinski definition) is 4. The lowest BCUT2D eigenvalue weighted by molar-refractivity contribution is -0.136. The Morgan fingerprint density at radius 3 is 2.47 bits per heavy atom. The molecule has 1 unspecified atom stereocenters. The van der Waals surface area contributed by atoms with Gasteiger partial charge >= 0.3 is 0 Å². The summed E-state index contributed by atoms with van der Waals surface area (Å²) in [5.74, 6) is -3.34. The maximum atomic E-state index is 15.8. The first-order chi connectivity index (χ1) is 35.1. The van der Waals surface area contributed by atoms with Crippen LogP contribution in [0.1, 0.15) is 62.2 Å². The van der Waals surface area contributed by atoms with Gasteiger partial charge in [-0.1, -0.05) is 36.4 Å². The highest BCUT2D eigenvalue weighted by molar-refractivity contribution is 7.90. The van der Waals surface area contributed by atoms with Crippen molar-refractivity contribution in [1.82, 2.24) is 25.1 Å². The molecule has 22 heteroatoms. The highest BCUT2D eigenvalue weighted by Gasteiger charge is 2.45. The second-order valence-electron chi connectivity index (χ2n) is 17.5. The number of halogens is 1. The number of nitrogens with zero attached hydrogens (tertiary/aromatic N) is 7. The zero-order valence-corrected chi connectivity index (χ0v) is 40.9. The van der Waals surface area contributed by atoms with E-state index in [-0.39, 0.29) is 92.5 Å². The van der Waals surface area contributed by atoms with E-state index in [1.54, 1.807) is 76.5 Å². The molecule has 0 spiro atoms. The predicted molar refractivity (Wildman–Crippen MR) is 266 cm³/mol. The molecular formula is C51H53FN10O10S. The van der Waals surface area contributed by atoms with Crippen molar-refractivity contribution in [3.63, 3.8) is 0 Å². The fourth-order valence-electron chi connectivity index (χ4n) is 8.90. The highest BCUT2D eigenvalue weighted by atomic mass is 32.2. The highest BCUT2D eigenvalue weighted by Crippen LogP contribution is 2.36. The Hall–Kier alpha value is -7.84. The van der Waals surface area contributed by atoms with Crippen LogP contribution >= 0.6 is 0 Å². The summed E-state index contributed by atoms with van der Waals surface area (Å²) in [6.45, 7) is 4.21. The average Bonchev–Trinajstić information content (AvgIpc) is 3.64. The number of aromatic nitrogens is 2. The number of aliphatic hydroxyl groups is 1. The smallest absolute Gasteiger partial charge is 0.264 e. The van der Waals surface area contributed by atoms with Crippen molar-refractivity contribution in [2.75, 3.05) is 85.8 Å². The molecule has 380 valence electrons. The van der Waals surface area contributed by atoms with Crippen molar-refractivity contribution in [3.05, 3.63) is 124 Å². The molecule has 5 aromatic rings. The monoisotopic (exact) mass is 1020 g/mol. The maximum absolute atomic E-state index is 15.8. The van der Waals surface area contributed by atoms with Crippen molar-refractivity contribution >= 4 is 73.9 Å². The lowest BCUT2D eigenvalue weighted by Crippen LogP contribution is -2.54. The van der Waals surface area contributed by atoms with Crippen LogP contribution in [-0.2, 0) is 46.8 Å². The molecule has 20 nitrogen and oxygen atoms in total. The first-order valence-electron chi connectivity index (χ1n) is 23.5. The third-order valence-electron chi connectivity index (χ3n) is 12.6. The van der Waals surface area contributed by atoms with Crippen LogP contribution in [0.5, 0.6) is 0 Å². The quantitative estimate of drug-likeness (QED) is 0.0624. The number of aryl methyl sites for hydroxylation is 1. The molecule has 3 aliphatic heterocycles. The molecular weight excluding hydrogens is 964 g/mol. The Kier molecular flexibility index (Phi) is 16.0. The molecule has 1 aromatic heterocycles. The summed E-state index contributed by atoms with van der Waals surface area (Å²) in [6, 6.07) is 22.9. The lowest BCUT2D eigenvalue weighted by atomic mass is 10.0. The fraction of sp³-hybridized carbons (Fsp3) is 0.333. The van der Waals surface area contributed by atoms with Gasteiger partial charge in [0.1, 0.15) is 6.04 Å². The molecule has 2 saturated heterocycles. The maximum Gasteiger partial charge on any atom is 0.264 e. The number of carbonyl (C=O) groups excluding carboxylic acids is 5. The second kappa shape index (κ2) is 22.7. The number of hydrogen-bond acceptors (Lipinski definition) is 17. The third kappa shape index (κ3) is 11.8. The summed E-state index contributed by atoms with van der Waals surface area (Å²) in [7, 11) is -3.79. The van der Waals surface area contributed by atoms with E-state index >= 15 is 4.39 Å². The molecule has 0 aliphatic carbocycles. The molecule has 4 aromatic carbocycles. The largest absolute Gasteiger partial charge is 0.392 e. The van der Waals surface area contributed by atoms with Gasteiger partial charge in [-0.25, -0.2) is 17.8 Å². The SMILES string of the molecule is Cc1ccc(CO)cc1N(Cc1ccccc1C#N)c1nc(Nc2ccc(N3CCN(C(=O)CCOCCOCCNc4cccc5c4C(=O)N(C4CCC(=O)NC4=O)C5=O)CC3)c(S(C)(=O)=O)c2)ncc1F. The number of carbonyl (C=O) groups is 5. The van der Waals surface area contributed by atoms with E-state index in [0.717, 1.165) is 22.9 Å². The van der Waals surface area contributed by atoms with Crippen LogP contribution in [0.25, 0.3) is 0 Å². The lowest BCUT2D eigenvalue weighted by Gasteiger charge is -2.37. The number of rotatable bonds is 20. The van der Waals surface area contributed by atoms with E-state index in [1.807, 2.05) is 11.8 Å². The van der Waals surface area contributed by atoms with Crippen LogP contribution in [0.3, 0.4) is 0 Å². The van der Waals surface area contributed by atoms with Crippen LogP contribution in [-0.4, -0.2) is 134 Å². The second-order valence-corrected chi connectivity index (χ2v) is 19.5. The fourth-order valence-corrected chi connectivity index (χ4v) is 9.82. The molecule has 73 heavy (non-hydrogen) atoms. The summed E-state index contributed by atoms with van der Waals surface area (Å²) in [5, 5.41) is 28.1. The predicted octanol–water partition coefficient (Wildman–Crippen LogP) is 4.36. The minimum absolute atomic E-state index is 0.0235. The molecule has 2 fully saturated rings. The number of aliphatic hydroxyl groups excluding tert-OH is 1. The molecule has 4 N–H and O–H groups in total.